The second-order valence-electron chi connectivity index (χ2n) is 4.27. The Morgan fingerprint density at radius 1 is 1.24 bits per heavy atom. The highest BCUT2D eigenvalue weighted by molar-refractivity contribution is 9.10. The summed E-state index contributed by atoms with van der Waals surface area (Å²) in [5, 5.41) is 0. The summed E-state index contributed by atoms with van der Waals surface area (Å²) in [5.41, 5.74) is 5.36. The van der Waals surface area contributed by atoms with E-state index in [2.05, 4.69) is 26.8 Å². The van der Waals surface area contributed by atoms with Crippen LogP contribution in [0.5, 0.6) is 0 Å². The smallest absolute Gasteiger partial charge is 0.269 e. The maximum atomic E-state index is 11.6. The first-order valence-corrected chi connectivity index (χ1v) is 6.23. The van der Waals surface area contributed by atoms with Crippen LogP contribution >= 0.6 is 15.9 Å². The second-order valence-corrected chi connectivity index (χ2v) is 5.19. The number of nitrogens with one attached hydrogen (secondary N) is 2. The van der Waals surface area contributed by atoms with Gasteiger partial charge in [-0.3, -0.25) is 20.4 Å². The number of amides is 2. The minimum absolute atomic E-state index is 0.0558. The molecule has 1 saturated carbocycles. The fraction of sp³-hybridized carbons (Fsp3) is 0.333. The molecule has 17 heavy (non-hydrogen) atoms. The number of carbonyl (C=O) groups is 2. The summed E-state index contributed by atoms with van der Waals surface area (Å²) < 4.78 is 0.907. The van der Waals surface area contributed by atoms with E-state index in [-0.39, 0.29) is 17.7 Å². The second kappa shape index (κ2) is 4.87. The third-order valence-corrected chi connectivity index (χ3v) is 3.38. The lowest BCUT2D eigenvalue weighted by Crippen LogP contribution is -2.42. The van der Waals surface area contributed by atoms with Crippen molar-refractivity contribution in [3.63, 3.8) is 0 Å². The average molecular weight is 297 g/mol. The van der Waals surface area contributed by atoms with Gasteiger partial charge in [0.1, 0.15) is 0 Å². The van der Waals surface area contributed by atoms with Crippen LogP contribution in [0.4, 0.5) is 0 Å². The molecular formula is C12H13BrN2O2. The van der Waals surface area contributed by atoms with Crippen molar-refractivity contribution >= 4 is 27.7 Å². The molecule has 90 valence electrons. The van der Waals surface area contributed by atoms with E-state index in [1.54, 1.807) is 24.3 Å². The molecule has 0 saturated heterocycles. The first-order chi connectivity index (χ1) is 8.08. The molecule has 0 unspecified atom stereocenters. The van der Waals surface area contributed by atoms with Crippen molar-refractivity contribution in [2.45, 2.75) is 13.3 Å². The van der Waals surface area contributed by atoms with Crippen molar-refractivity contribution in [3.8, 4) is 0 Å². The van der Waals surface area contributed by atoms with Crippen LogP contribution in [-0.2, 0) is 4.79 Å². The summed E-state index contributed by atoms with van der Waals surface area (Å²) in [6.07, 6.45) is 0.903. The Balaban J connectivity index is 1.85. The minimum Gasteiger partial charge on any atom is -0.273 e. The predicted octanol–water partition coefficient (Wildman–Crippen LogP) is 1.87. The van der Waals surface area contributed by atoms with E-state index in [1.807, 2.05) is 6.92 Å². The number of hydrogen-bond donors (Lipinski definition) is 2. The topological polar surface area (TPSA) is 58.2 Å². The van der Waals surface area contributed by atoms with Crippen LogP contribution < -0.4 is 10.9 Å². The van der Waals surface area contributed by atoms with Gasteiger partial charge in [-0.1, -0.05) is 22.9 Å². The quantitative estimate of drug-likeness (QED) is 0.819. The van der Waals surface area contributed by atoms with Gasteiger partial charge in [0.05, 0.1) is 0 Å². The molecule has 0 spiro atoms. The summed E-state index contributed by atoms with van der Waals surface area (Å²) in [6, 6.07) is 6.93. The zero-order valence-corrected chi connectivity index (χ0v) is 11.0. The molecule has 1 aliphatic carbocycles. The number of rotatable bonds is 2. The summed E-state index contributed by atoms with van der Waals surface area (Å²) >= 11 is 3.29. The normalized spacial score (nSPS) is 21.8. The molecule has 0 heterocycles. The van der Waals surface area contributed by atoms with Crippen LogP contribution in [0.25, 0.3) is 0 Å². The lowest BCUT2D eigenvalue weighted by Gasteiger charge is -2.06. The molecular weight excluding hydrogens is 284 g/mol. The Morgan fingerprint density at radius 2 is 1.82 bits per heavy atom. The lowest BCUT2D eigenvalue weighted by atomic mass is 10.2. The molecule has 2 N–H and O–H groups in total. The zero-order valence-electron chi connectivity index (χ0n) is 9.37. The third-order valence-electron chi connectivity index (χ3n) is 2.85. The Kier molecular flexibility index (Phi) is 3.47. The van der Waals surface area contributed by atoms with Crippen molar-refractivity contribution in [2.75, 3.05) is 0 Å². The largest absolute Gasteiger partial charge is 0.273 e. The molecule has 1 aliphatic rings. The Bertz CT molecular complexity index is 444. The van der Waals surface area contributed by atoms with Gasteiger partial charge < -0.3 is 0 Å². The molecule has 1 aromatic rings. The highest BCUT2D eigenvalue weighted by Crippen LogP contribution is 2.37. The predicted molar refractivity (Wildman–Crippen MR) is 67.0 cm³/mol. The van der Waals surface area contributed by atoms with Crippen LogP contribution in [-0.4, -0.2) is 11.8 Å². The molecule has 2 amide bonds. The van der Waals surface area contributed by atoms with Crippen LogP contribution in [0.1, 0.15) is 23.7 Å². The molecule has 1 fully saturated rings. The van der Waals surface area contributed by atoms with Gasteiger partial charge in [0.15, 0.2) is 0 Å². The van der Waals surface area contributed by atoms with Gasteiger partial charge in [-0.05, 0) is 36.6 Å². The average Bonchev–Trinajstić information content (AvgIpc) is 3.04. The summed E-state index contributed by atoms with van der Waals surface area (Å²) in [6.45, 7) is 2.01. The Hall–Kier alpha value is -1.36. The number of hydrogen-bond acceptors (Lipinski definition) is 2. The van der Waals surface area contributed by atoms with Crippen molar-refractivity contribution < 1.29 is 9.59 Å². The number of halogens is 1. The fourth-order valence-electron chi connectivity index (χ4n) is 1.57. The summed E-state index contributed by atoms with van der Waals surface area (Å²) in [4.78, 5) is 23.1. The van der Waals surface area contributed by atoms with Gasteiger partial charge >= 0.3 is 0 Å². The Labute approximate surface area is 108 Å². The van der Waals surface area contributed by atoms with E-state index < -0.39 is 0 Å². The summed E-state index contributed by atoms with van der Waals surface area (Å²) in [5.74, 6) is 0.0712. The molecule has 2 rings (SSSR count). The van der Waals surface area contributed by atoms with Gasteiger partial charge in [-0.15, -0.1) is 0 Å². The van der Waals surface area contributed by atoms with E-state index in [1.165, 1.54) is 0 Å². The molecule has 1 aromatic carbocycles. The fourth-order valence-corrected chi connectivity index (χ4v) is 1.84. The van der Waals surface area contributed by atoms with E-state index in [0.29, 0.717) is 11.5 Å². The molecule has 0 aliphatic heterocycles. The van der Waals surface area contributed by atoms with E-state index in [4.69, 9.17) is 0 Å². The lowest BCUT2D eigenvalue weighted by molar-refractivity contribution is -0.123. The van der Waals surface area contributed by atoms with E-state index >= 15 is 0 Å². The van der Waals surface area contributed by atoms with E-state index in [9.17, 15) is 9.59 Å². The maximum Gasteiger partial charge on any atom is 0.269 e. The van der Waals surface area contributed by atoms with E-state index in [0.717, 1.165) is 10.9 Å². The number of hydrazine groups is 1. The van der Waals surface area contributed by atoms with Crippen LogP contribution in [0.15, 0.2) is 28.7 Å². The third kappa shape index (κ3) is 3.06. The van der Waals surface area contributed by atoms with Crippen LogP contribution in [0.2, 0.25) is 0 Å². The van der Waals surface area contributed by atoms with Crippen molar-refractivity contribution in [2.24, 2.45) is 11.8 Å². The molecule has 0 aromatic heterocycles. The van der Waals surface area contributed by atoms with Gasteiger partial charge in [0.25, 0.3) is 5.91 Å². The summed E-state index contributed by atoms with van der Waals surface area (Å²) in [7, 11) is 0. The first-order valence-electron chi connectivity index (χ1n) is 5.43. The molecule has 2 atom stereocenters. The van der Waals surface area contributed by atoms with Crippen molar-refractivity contribution in [3.05, 3.63) is 34.3 Å². The van der Waals surface area contributed by atoms with Crippen LogP contribution in [0, 0.1) is 11.8 Å². The SMILES string of the molecule is C[C@H]1C[C@@H]1C(=O)NNC(=O)c1ccc(Br)cc1. The zero-order chi connectivity index (χ0) is 12.4. The number of benzene rings is 1. The number of carbonyl (C=O) groups excluding carboxylic acids is 2. The van der Waals surface area contributed by atoms with Crippen LogP contribution in [0.3, 0.4) is 0 Å². The monoisotopic (exact) mass is 296 g/mol. The molecule has 4 nitrogen and oxygen atoms in total. The van der Waals surface area contributed by atoms with Gasteiger partial charge in [-0.25, -0.2) is 0 Å². The standard InChI is InChI=1S/C12H13BrN2O2/c1-7-6-10(7)12(17)15-14-11(16)8-2-4-9(13)5-3-8/h2-5,7,10H,6H2,1H3,(H,14,16)(H,15,17)/t7-,10-/m0/s1. The highest BCUT2D eigenvalue weighted by Gasteiger charge is 2.39. The molecule has 5 heteroatoms. The first kappa shape index (κ1) is 12.1. The molecule has 0 radical (unpaired) electrons. The Morgan fingerprint density at radius 3 is 2.35 bits per heavy atom. The van der Waals surface area contributed by atoms with Crippen molar-refractivity contribution in [1.82, 2.24) is 10.9 Å². The maximum absolute atomic E-state index is 11.6. The van der Waals surface area contributed by atoms with Gasteiger partial charge in [-0.2, -0.15) is 0 Å². The van der Waals surface area contributed by atoms with Gasteiger partial charge in [0.2, 0.25) is 5.91 Å². The minimum atomic E-state index is -0.306. The van der Waals surface area contributed by atoms with Gasteiger partial charge in [0, 0.05) is 16.0 Å². The van der Waals surface area contributed by atoms with Crippen molar-refractivity contribution in [1.29, 1.82) is 0 Å². The molecule has 0 bridgehead atoms. The highest BCUT2D eigenvalue weighted by atomic mass is 79.9.